The van der Waals surface area contributed by atoms with Gasteiger partial charge < -0.3 is 10.2 Å². The van der Waals surface area contributed by atoms with E-state index in [1.54, 1.807) is 22.9 Å². The van der Waals surface area contributed by atoms with Crippen molar-refractivity contribution in [3.05, 3.63) is 65.0 Å². The first-order chi connectivity index (χ1) is 12.7. The maximum atomic E-state index is 12.4. The molecule has 26 heavy (non-hydrogen) atoms. The molecule has 1 aromatic heterocycles. The van der Waals surface area contributed by atoms with Crippen LogP contribution >= 0.6 is 0 Å². The molecule has 6 heteroatoms. The molecule has 2 aromatic carbocycles. The van der Waals surface area contributed by atoms with Crippen molar-refractivity contribution >= 4 is 28.2 Å². The minimum absolute atomic E-state index is 0.0503. The molecule has 3 aromatic rings. The maximum absolute atomic E-state index is 12.4. The van der Waals surface area contributed by atoms with Gasteiger partial charge in [0.15, 0.2) is 0 Å². The van der Waals surface area contributed by atoms with E-state index in [-0.39, 0.29) is 17.9 Å². The number of nitrogens with zero attached hydrogens (tertiary/aromatic N) is 3. The first-order valence-corrected chi connectivity index (χ1v) is 8.80. The van der Waals surface area contributed by atoms with Crippen molar-refractivity contribution in [3.8, 4) is 0 Å². The summed E-state index contributed by atoms with van der Waals surface area (Å²) in [5.41, 5.74) is 2.45. The van der Waals surface area contributed by atoms with E-state index < -0.39 is 0 Å². The summed E-state index contributed by atoms with van der Waals surface area (Å²) in [6, 6.07) is 15.1. The molecule has 6 nitrogen and oxygen atoms in total. The molecule has 1 amide bonds. The third-order valence-corrected chi connectivity index (χ3v) is 4.68. The number of aromatic nitrogens is 2. The Bertz CT molecular complexity index is 989. The third kappa shape index (κ3) is 3.31. The molecular weight excluding hydrogens is 328 g/mol. The Morgan fingerprint density at radius 3 is 2.54 bits per heavy atom. The van der Waals surface area contributed by atoms with E-state index in [1.165, 1.54) is 24.7 Å². The number of hydrogen-bond acceptors (Lipinski definition) is 4. The molecule has 0 aliphatic carbocycles. The molecule has 1 aliphatic heterocycles. The Kier molecular flexibility index (Phi) is 4.39. The van der Waals surface area contributed by atoms with Crippen molar-refractivity contribution in [2.75, 3.05) is 23.3 Å². The third-order valence-electron chi connectivity index (χ3n) is 4.68. The zero-order chi connectivity index (χ0) is 17.9. The minimum atomic E-state index is -0.180. The van der Waals surface area contributed by atoms with Gasteiger partial charge in [0.1, 0.15) is 6.54 Å². The molecule has 0 spiro atoms. The highest BCUT2D eigenvalue weighted by Crippen LogP contribution is 2.22. The van der Waals surface area contributed by atoms with E-state index in [9.17, 15) is 9.59 Å². The number of rotatable bonds is 4. The first-order valence-electron chi connectivity index (χ1n) is 8.80. The normalized spacial score (nSPS) is 13.9. The zero-order valence-electron chi connectivity index (χ0n) is 14.4. The van der Waals surface area contributed by atoms with Crippen LogP contribution in [0.25, 0.3) is 10.9 Å². The number of anilines is 2. The lowest BCUT2D eigenvalue weighted by Crippen LogP contribution is -2.22. The van der Waals surface area contributed by atoms with Gasteiger partial charge in [0.05, 0.1) is 11.7 Å². The fraction of sp³-hybridized carbons (Fsp3) is 0.250. The molecule has 1 N–H and O–H groups in total. The lowest BCUT2D eigenvalue weighted by atomic mass is 10.2. The summed E-state index contributed by atoms with van der Waals surface area (Å²) in [6.07, 6.45) is 3.72. The topological polar surface area (TPSA) is 67.2 Å². The highest BCUT2D eigenvalue weighted by Gasteiger charge is 2.12. The Labute approximate surface area is 151 Å². The van der Waals surface area contributed by atoms with E-state index in [0.29, 0.717) is 10.9 Å². The van der Waals surface area contributed by atoms with Gasteiger partial charge in [0.2, 0.25) is 11.3 Å². The zero-order valence-corrected chi connectivity index (χ0v) is 14.4. The molecule has 132 valence electrons. The van der Waals surface area contributed by atoms with Gasteiger partial charge in [-0.1, -0.05) is 12.1 Å². The Hall–Kier alpha value is -3.15. The number of fused-ring (bicyclic) bond motifs is 1. The van der Waals surface area contributed by atoms with Gasteiger partial charge in [-0.15, -0.1) is 0 Å². The minimum Gasteiger partial charge on any atom is -0.372 e. The van der Waals surface area contributed by atoms with Crippen molar-refractivity contribution in [3.63, 3.8) is 0 Å². The van der Waals surface area contributed by atoms with Gasteiger partial charge in [-0.25, -0.2) is 0 Å². The Morgan fingerprint density at radius 1 is 1.04 bits per heavy atom. The van der Waals surface area contributed by atoms with Gasteiger partial charge in [0.25, 0.3) is 0 Å². The summed E-state index contributed by atoms with van der Waals surface area (Å²) < 4.78 is 1.55. The van der Waals surface area contributed by atoms with Crippen molar-refractivity contribution in [2.24, 2.45) is 0 Å². The van der Waals surface area contributed by atoms with Crippen molar-refractivity contribution in [2.45, 2.75) is 19.4 Å². The van der Waals surface area contributed by atoms with Crippen LogP contribution in [-0.2, 0) is 11.3 Å². The molecule has 0 unspecified atom stereocenters. The molecule has 0 bridgehead atoms. The summed E-state index contributed by atoms with van der Waals surface area (Å²) in [4.78, 5) is 26.6. The van der Waals surface area contributed by atoms with Crippen LogP contribution in [0.1, 0.15) is 12.8 Å². The second kappa shape index (κ2) is 7.00. The molecule has 2 heterocycles. The second-order valence-electron chi connectivity index (χ2n) is 6.47. The van der Waals surface area contributed by atoms with E-state index in [1.807, 2.05) is 30.3 Å². The van der Waals surface area contributed by atoms with Crippen molar-refractivity contribution in [1.82, 2.24) is 9.78 Å². The van der Waals surface area contributed by atoms with Gasteiger partial charge in [-0.2, -0.15) is 5.10 Å². The molecule has 0 saturated carbocycles. The van der Waals surface area contributed by atoms with Crippen LogP contribution in [0.2, 0.25) is 0 Å². The van der Waals surface area contributed by atoms with E-state index >= 15 is 0 Å². The van der Waals surface area contributed by atoms with Crippen LogP contribution in [0.5, 0.6) is 0 Å². The Morgan fingerprint density at radius 2 is 1.77 bits per heavy atom. The molecule has 0 radical (unpaired) electrons. The van der Waals surface area contributed by atoms with Crippen LogP contribution in [0.15, 0.2) is 59.5 Å². The number of hydrogen-bond donors (Lipinski definition) is 1. The van der Waals surface area contributed by atoms with Crippen LogP contribution in [0.3, 0.4) is 0 Å². The summed E-state index contributed by atoms with van der Waals surface area (Å²) in [6.45, 7) is 2.24. The van der Waals surface area contributed by atoms with Gasteiger partial charge in [-0.05, 0) is 49.2 Å². The lowest BCUT2D eigenvalue weighted by Gasteiger charge is -2.17. The van der Waals surface area contributed by atoms with Gasteiger partial charge in [0, 0.05) is 29.9 Å². The average Bonchev–Trinajstić information content (AvgIpc) is 3.20. The largest absolute Gasteiger partial charge is 0.372 e. The fourth-order valence-corrected chi connectivity index (χ4v) is 3.35. The molecular formula is C20H20N4O2. The first kappa shape index (κ1) is 16.3. The standard InChI is InChI=1S/C20H20N4O2/c25-19-13-21-24(18-6-2-1-5-17(18)19)14-20(26)22-15-7-9-16(10-8-15)23-11-3-4-12-23/h1-2,5-10,13H,3-4,11-12,14H2,(H,22,26). The number of carbonyl (C=O) groups excluding carboxylic acids is 1. The molecule has 1 aliphatic rings. The van der Waals surface area contributed by atoms with Crippen LogP contribution in [-0.4, -0.2) is 28.8 Å². The number of carbonyl (C=O) groups is 1. The number of benzene rings is 2. The number of amides is 1. The van der Waals surface area contributed by atoms with Crippen molar-refractivity contribution in [1.29, 1.82) is 0 Å². The van der Waals surface area contributed by atoms with E-state index in [2.05, 4.69) is 15.3 Å². The van der Waals surface area contributed by atoms with E-state index in [0.717, 1.165) is 18.8 Å². The van der Waals surface area contributed by atoms with Gasteiger partial charge in [-0.3, -0.25) is 14.3 Å². The van der Waals surface area contributed by atoms with Crippen LogP contribution < -0.4 is 15.6 Å². The summed E-state index contributed by atoms with van der Waals surface area (Å²) in [5, 5.41) is 7.54. The van der Waals surface area contributed by atoms with Crippen molar-refractivity contribution < 1.29 is 4.79 Å². The van der Waals surface area contributed by atoms with Crippen LogP contribution in [0.4, 0.5) is 11.4 Å². The quantitative estimate of drug-likeness (QED) is 0.787. The second-order valence-corrected chi connectivity index (χ2v) is 6.47. The van der Waals surface area contributed by atoms with E-state index in [4.69, 9.17) is 0 Å². The Balaban J connectivity index is 1.47. The summed E-state index contributed by atoms with van der Waals surface area (Å²) in [5.74, 6) is -0.180. The molecule has 4 rings (SSSR count). The lowest BCUT2D eigenvalue weighted by molar-refractivity contribution is -0.116. The summed E-state index contributed by atoms with van der Waals surface area (Å²) >= 11 is 0. The van der Waals surface area contributed by atoms with Crippen LogP contribution in [0, 0.1) is 0 Å². The monoisotopic (exact) mass is 348 g/mol. The highest BCUT2D eigenvalue weighted by molar-refractivity contribution is 5.91. The molecule has 0 atom stereocenters. The fourth-order valence-electron chi connectivity index (χ4n) is 3.35. The number of para-hydroxylation sites is 1. The average molecular weight is 348 g/mol. The molecule has 1 fully saturated rings. The van der Waals surface area contributed by atoms with Gasteiger partial charge >= 0.3 is 0 Å². The smallest absolute Gasteiger partial charge is 0.246 e. The predicted molar refractivity (Wildman–Crippen MR) is 103 cm³/mol. The number of nitrogens with one attached hydrogen (secondary N) is 1. The predicted octanol–water partition coefficient (Wildman–Crippen LogP) is 2.64. The summed E-state index contributed by atoms with van der Waals surface area (Å²) in [7, 11) is 0. The molecule has 1 saturated heterocycles. The SMILES string of the molecule is O=C(Cn1ncc(=O)c2ccccc21)Nc1ccc(N2CCCC2)cc1. The highest BCUT2D eigenvalue weighted by atomic mass is 16.2. The maximum Gasteiger partial charge on any atom is 0.246 e.